The number of hydrogen-bond acceptors (Lipinski definition) is 4. The second-order valence-electron chi connectivity index (χ2n) is 5.14. The fraction of sp³-hybridized carbons (Fsp3) is 0.533. The molecule has 2 aliphatic rings. The number of ether oxygens (including phenoxy) is 3. The fourth-order valence-corrected chi connectivity index (χ4v) is 2.82. The van der Waals surface area contributed by atoms with E-state index < -0.39 is 0 Å². The Hall–Kier alpha value is -1.46. The molecule has 0 aromatic heterocycles. The van der Waals surface area contributed by atoms with Gasteiger partial charge in [0.05, 0.1) is 5.02 Å². The van der Waals surface area contributed by atoms with Crippen LogP contribution >= 0.6 is 11.6 Å². The molecule has 6 heteroatoms. The summed E-state index contributed by atoms with van der Waals surface area (Å²) in [5.41, 5.74) is 1.01. The summed E-state index contributed by atoms with van der Waals surface area (Å²) in [6, 6.07) is 3.77. The molecule has 0 saturated carbocycles. The number of hydrogen-bond donors (Lipinski definition) is 1. The topological polar surface area (TPSA) is 56.8 Å². The van der Waals surface area contributed by atoms with Crippen molar-refractivity contribution in [3.05, 3.63) is 22.7 Å². The molecule has 1 atom stereocenters. The van der Waals surface area contributed by atoms with Crippen LogP contribution in [0, 0.1) is 0 Å². The smallest absolute Gasteiger partial charge is 0.249 e. The number of fused-ring (bicyclic) bond motifs is 1. The summed E-state index contributed by atoms with van der Waals surface area (Å²) in [5.74, 6) is 1.25. The highest BCUT2D eigenvalue weighted by Gasteiger charge is 2.23. The van der Waals surface area contributed by atoms with Gasteiger partial charge in [-0.05, 0) is 37.0 Å². The molecule has 0 unspecified atom stereocenters. The van der Waals surface area contributed by atoms with Crippen LogP contribution in [0.5, 0.6) is 11.5 Å². The minimum absolute atomic E-state index is 0.0314. The molecular formula is C15H18ClNO4. The van der Waals surface area contributed by atoms with Crippen molar-refractivity contribution in [2.24, 2.45) is 0 Å². The first-order valence-corrected chi connectivity index (χ1v) is 7.59. The first-order valence-electron chi connectivity index (χ1n) is 7.21. The van der Waals surface area contributed by atoms with Gasteiger partial charge in [0.1, 0.15) is 19.3 Å². The summed E-state index contributed by atoms with van der Waals surface area (Å²) in [7, 11) is 0. The first-order chi connectivity index (χ1) is 10.2. The normalized spacial score (nSPS) is 20.3. The standard InChI is InChI=1S/C15H18ClNO4/c16-11-8-10(9-13-14(11)21-7-6-20-13)3-4-17-15(18)12-2-1-5-19-12/h8-9,12H,1-7H2,(H,17,18)/t12-/m1/s1. The van der Waals surface area contributed by atoms with Crippen molar-refractivity contribution in [3.63, 3.8) is 0 Å². The van der Waals surface area contributed by atoms with Crippen LogP contribution < -0.4 is 14.8 Å². The highest BCUT2D eigenvalue weighted by Crippen LogP contribution is 2.38. The van der Waals surface area contributed by atoms with Crippen LogP contribution in [-0.4, -0.2) is 38.4 Å². The Morgan fingerprint density at radius 3 is 2.95 bits per heavy atom. The van der Waals surface area contributed by atoms with E-state index in [0.29, 0.717) is 49.3 Å². The maximum atomic E-state index is 11.8. The van der Waals surface area contributed by atoms with E-state index in [2.05, 4.69) is 5.32 Å². The summed E-state index contributed by atoms with van der Waals surface area (Å²) < 4.78 is 16.4. The molecule has 0 aliphatic carbocycles. The molecule has 1 amide bonds. The monoisotopic (exact) mass is 311 g/mol. The minimum atomic E-state index is -0.283. The molecule has 21 heavy (non-hydrogen) atoms. The van der Waals surface area contributed by atoms with Gasteiger partial charge in [0, 0.05) is 13.2 Å². The third-order valence-corrected chi connectivity index (χ3v) is 3.87. The minimum Gasteiger partial charge on any atom is -0.486 e. The Kier molecular flexibility index (Phi) is 4.51. The number of carbonyl (C=O) groups excluding carboxylic acids is 1. The second-order valence-corrected chi connectivity index (χ2v) is 5.55. The Morgan fingerprint density at radius 2 is 2.14 bits per heavy atom. The zero-order valence-corrected chi connectivity index (χ0v) is 12.4. The Labute approximate surface area is 128 Å². The van der Waals surface area contributed by atoms with E-state index in [1.54, 1.807) is 0 Å². The van der Waals surface area contributed by atoms with Crippen molar-refractivity contribution >= 4 is 17.5 Å². The van der Waals surface area contributed by atoms with Gasteiger partial charge >= 0.3 is 0 Å². The van der Waals surface area contributed by atoms with Crippen LogP contribution in [0.4, 0.5) is 0 Å². The largest absolute Gasteiger partial charge is 0.486 e. The lowest BCUT2D eigenvalue weighted by Crippen LogP contribution is -2.35. The lowest BCUT2D eigenvalue weighted by molar-refractivity contribution is -0.129. The van der Waals surface area contributed by atoms with E-state index in [1.165, 1.54) is 0 Å². The predicted molar refractivity (Wildman–Crippen MR) is 78.1 cm³/mol. The molecular weight excluding hydrogens is 294 g/mol. The summed E-state index contributed by atoms with van der Waals surface area (Å²) in [6.07, 6.45) is 2.17. The Bertz CT molecular complexity index is 529. The van der Waals surface area contributed by atoms with Gasteiger partial charge in [-0.15, -0.1) is 0 Å². The van der Waals surface area contributed by atoms with Crippen LogP contribution in [-0.2, 0) is 16.0 Å². The van der Waals surface area contributed by atoms with Crippen LogP contribution in [0.1, 0.15) is 18.4 Å². The van der Waals surface area contributed by atoms with E-state index in [4.69, 9.17) is 25.8 Å². The lowest BCUT2D eigenvalue weighted by atomic mass is 10.1. The molecule has 1 fully saturated rings. The summed E-state index contributed by atoms with van der Waals surface area (Å²) in [4.78, 5) is 11.8. The average molecular weight is 312 g/mol. The molecule has 0 bridgehead atoms. The summed E-state index contributed by atoms with van der Waals surface area (Å²) >= 11 is 6.18. The number of amides is 1. The Balaban J connectivity index is 1.55. The molecule has 1 aromatic rings. The maximum Gasteiger partial charge on any atom is 0.249 e. The number of nitrogens with one attached hydrogen (secondary N) is 1. The third-order valence-electron chi connectivity index (χ3n) is 3.59. The van der Waals surface area contributed by atoms with Gasteiger partial charge in [-0.3, -0.25) is 4.79 Å². The quantitative estimate of drug-likeness (QED) is 0.923. The summed E-state index contributed by atoms with van der Waals surface area (Å²) in [6.45, 7) is 2.27. The van der Waals surface area contributed by atoms with E-state index in [-0.39, 0.29) is 12.0 Å². The molecule has 0 radical (unpaired) electrons. The third kappa shape index (κ3) is 3.41. The molecule has 1 saturated heterocycles. The maximum absolute atomic E-state index is 11.8. The number of rotatable bonds is 4. The number of benzene rings is 1. The van der Waals surface area contributed by atoms with E-state index in [9.17, 15) is 4.79 Å². The Morgan fingerprint density at radius 1 is 1.29 bits per heavy atom. The molecule has 0 spiro atoms. The van der Waals surface area contributed by atoms with Crippen LogP contribution in [0.2, 0.25) is 5.02 Å². The van der Waals surface area contributed by atoms with Crippen LogP contribution in [0.15, 0.2) is 12.1 Å². The average Bonchev–Trinajstić information content (AvgIpc) is 3.01. The van der Waals surface area contributed by atoms with E-state index >= 15 is 0 Å². The van der Waals surface area contributed by atoms with Crippen molar-refractivity contribution in [2.45, 2.75) is 25.4 Å². The van der Waals surface area contributed by atoms with Crippen molar-refractivity contribution in [3.8, 4) is 11.5 Å². The SMILES string of the molecule is O=C(NCCc1cc(Cl)c2c(c1)OCCO2)[C@H]1CCCO1. The molecule has 2 aliphatic heterocycles. The van der Waals surface area contributed by atoms with Gasteiger partial charge in [0.25, 0.3) is 0 Å². The molecule has 1 aromatic carbocycles. The van der Waals surface area contributed by atoms with Gasteiger partial charge in [0.15, 0.2) is 11.5 Å². The van der Waals surface area contributed by atoms with Gasteiger partial charge < -0.3 is 19.5 Å². The molecule has 3 rings (SSSR count). The van der Waals surface area contributed by atoms with E-state index in [0.717, 1.165) is 18.4 Å². The molecule has 1 N–H and O–H groups in total. The molecule has 5 nitrogen and oxygen atoms in total. The number of carbonyl (C=O) groups is 1. The first kappa shape index (κ1) is 14.5. The second kappa shape index (κ2) is 6.54. The van der Waals surface area contributed by atoms with Crippen LogP contribution in [0.3, 0.4) is 0 Å². The fourth-order valence-electron chi connectivity index (χ4n) is 2.54. The predicted octanol–water partition coefficient (Wildman–Crippen LogP) is 1.95. The van der Waals surface area contributed by atoms with E-state index in [1.807, 2.05) is 12.1 Å². The van der Waals surface area contributed by atoms with Crippen molar-refractivity contribution in [2.75, 3.05) is 26.4 Å². The van der Waals surface area contributed by atoms with Gasteiger partial charge in [-0.1, -0.05) is 11.6 Å². The summed E-state index contributed by atoms with van der Waals surface area (Å²) in [5, 5.41) is 3.44. The van der Waals surface area contributed by atoms with Crippen molar-refractivity contribution in [1.82, 2.24) is 5.32 Å². The van der Waals surface area contributed by atoms with Gasteiger partial charge in [-0.2, -0.15) is 0 Å². The zero-order chi connectivity index (χ0) is 14.7. The number of halogens is 1. The van der Waals surface area contributed by atoms with Crippen molar-refractivity contribution < 1.29 is 19.0 Å². The van der Waals surface area contributed by atoms with Gasteiger partial charge in [-0.25, -0.2) is 0 Å². The lowest BCUT2D eigenvalue weighted by Gasteiger charge is -2.20. The highest BCUT2D eigenvalue weighted by molar-refractivity contribution is 6.32. The van der Waals surface area contributed by atoms with Gasteiger partial charge in [0.2, 0.25) is 5.91 Å². The molecule has 2 heterocycles. The molecule has 114 valence electrons. The van der Waals surface area contributed by atoms with Crippen molar-refractivity contribution in [1.29, 1.82) is 0 Å². The highest BCUT2D eigenvalue weighted by atomic mass is 35.5. The zero-order valence-electron chi connectivity index (χ0n) is 11.7. The van der Waals surface area contributed by atoms with Crippen LogP contribution in [0.25, 0.3) is 0 Å².